The van der Waals surface area contributed by atoms with Crippen LogP contribution in [0.25, 0.3) is 16.9 Å². The molecule has 0 N–H and O–H groups in total. The second-order valence-electron chi connectivity index (χ2n) is 7.36. The maximum atomic E-state index is 4.85. The lowest BCUT2D eigenvalue weighted by Crippen LogP contribution is -2.03. The van der Waals surface area contributed by atoms with Crippen LogP contribution in [0.5, 0.6) is 0 Å². The normalized spacial score (nSPS) is 12.8. The van der Waals surface area contributed by atoms with Crippen molar-refractivity contribution in [3.05, 3.63) is 77.6 Å². The van der Waals surface area contributed by atoms with Gasteiger partial charge in [-0.3, -0.25) is 0 Å². The third-order valence-electron chi connectivity index (χ3n) is 5.13. The van der Waals surface area contributed by atoms with Crippen molar-refractivity contribution in [3.8, 4) is 0 Å². The zero-order valence-electron chi connectivity index (χ0n) is 15.8. The van der Waals surface area contributed by atoms with E-state index >= 15 is 0 Å². The van der Waals surface area contributed by atoms with Gasteiger partial charge in [0.05, 0.1) is 5.69 Å². The Morgan fingerprint density at radius 1 is 1.08 bits per heavy atom. The minimum atomic E-state index is 0.383. The first-order chi connectivity index (χ1) is 12.4. The molecule has 4 heterocycles. The average molecular weight is 344 g/mol. The molecule has 0 saturated carbocycles. The van der Waals surface area contributed by atoms with Crippen molar-refractivity contribution in [1.82, 2.24) is 18.8 Å². The molecule has 0 aliphatic carbocycles. The van der Waals surface area contributed by atoms with Crippen molar-refractivity contribution in [1.29, 1.82) is 0 Å². The number of fused-ring (bicyclic) bond motifs is 2. The predicted molar refractivity (Wildman–Crippen MR) is 107 cm³/mol. The van der Waals surface area contributed by atoms with E-state index in [1.807, 2.05) is 19.3 Å². The molecule has 4 heteroatoms. The van der Waals surface area contributed by atoms with E-state index in [9.17, 15) is 0 Å². The highest BCUT2D eigenvalue weighted by atomic mass is 15.0. The summed E-state index contributed by atoms with van der Waals surface area (Å²) in [6.07, 6.45) is 11.2. The van der Waals surface area contributed by atoms with Crippen molar-refractivity contribution in [2.24, 2.45) is 0 Å². The number of nitrogens with zero attached hydrogens (tertiary/aromatic N) is 4. The van der Waals surface area contributed by atoms with Crippen LogP contribution in [-0.2, 0) is 6.42 Å². The van der Waals surface area contributed by atoms with Gasteiger partial charge in [-0.2, -0.15) is 0 Å². The van der Waals surface area contributed by atoms with E-state index in [1.165, 1.54) is 22.3 Å². The summed E-state index contributed by atoms with van der Waals surface area (Å²) >= 11 is 0. The van der Waals surface area contributed by atoms with E-state index in [2.05, 4.69) is 71.9 Å². The minimum Gasteiger partial charge on any atom is -0.307 e. The molecule has 4 nitrogen and oxygen atoms in total. The number of allylic oxidation sites excluding steroid dienone is 1. The topological polar surface area (TPSA) is 34.6 Å². The standard InChI is InChI=1S/C22H24N4/c1-14(2)19-10-22-24-18(12-26(22)11-17(19)5)8-15(3)20-13-25-7-6-23-21(25)9-16(20)4/h6-7,9-13,15H,1,8H2,2-5H3. The van der Waals surface area contributed by atoms with Crippen LogP contribution in [0.3, 0.4) is 0 Å². The largest absolute Gasteiger partial charge is 0.307 e. The van der Waals surface area contributed by atoms with Gasteiger partial charge in [-0.1, -0.05) is 19.1 Å². The number of aromatic nitrogens is 4. The van der Waals surface area contributed by atoms with Gasteiger partial charge in [0, 0.05) is 31.0 Å². The quantitative estimate of drug-likeness (QED) is 0.523. The summed E-state index contributed by atoms with van der Waals surface area (Å²) in [5, 5.41) is 0. The van der Waals surface area contributed by atoms with Gasteiger partial charge in [0.15, 0.2) is 0 Å². The van der Waals surface area contributed by atoms with Gasteiger partial charge in [0.2, 0.25) is 0 Å². The third kappa shape index (κ3) is 2.81. The fourth-order valence-electron chi connectivity index (χ4n) is 3.76. The summed E-state index contributed by atoms with van der Waals surface area (Å²) in [5.41, 5.74) is 9.19. The van der Waals surface area contributed by atoms with Crippen molar-refractivity contribution in [2.75, 3.05) is 0 Å². The molecule has 1 unspecified atom stereocenters. The molecule has 4 aromatic heterocycles. The highest BCUT2D eigenvalue weighted by Gasteiger charge is 2.14. The molecule has 0 aromatic carbocycles. The first kappa shape index (κ1) is 16.6. The average Bonchev–Trinajstić information content (AvgIpc) is 3.18. The first-order valence-corrected chi connectivity index (χ1v) is 8.99. The number of imidazole rings is 2. The lowest BCUT2D eigenvalue weighted by atomic mass is 9.94. The Morgan fingerprint density at radius 2 is 1.88 bits per heavy atom. The Hall–Kier alpha value is -2.88. The number of rotatable bonds is 4. The summed E-state index contributed by atoms with van der Waals surface area (Å²) in [6, 6.07) is 4.28. The monoisotopic (exact) mass is 344 g/mol. The van der Waals surface area contributed by atoms with Crippen LogP contribution >= 0.6 is 0 Å². The van der Waals surface area contributed by atoms with E-state index in [0.29, 0.717) is 5.92 Å². The van der Waals surface area contributed by atoms with Crippen molar-refractivity contribution >= 4 is 16.9 Å². The second kappa shape index (κ2) is 6.13. The summed E-state index contributed by atoms with van der Waals surface area (Å²) in [4.78, 5) is 9.21. The van der Waals surface area contributed by atoms with E-state index in [-0.39, 0.29) is 0 Å². The molecule has 0 amide bonds. The maximum Gasteiger partial charge on any atom is 0.137 e. The Bertz CT molecular complexity index is 1130. The van der Waals surface area contributed by atoms with Crippen LogP contribution < -0.4 is 0 Å². The molecule has 0 aliphatic heterocycles. The van der Waals surface area contributed by atoms with Crippen LogP contribution in [0.2, 0.25) is 0 Å². The molecule has 132 valence electrons. The molecule has 4 aromatic rings. The molecule has 26 heavy (non-hydrogen) atoms. The minimum absolute atomic E-state index is 0.383. The van der Waals surface area contributed by atoms with Gasteiger partial charge in [-0.05, 0) is 67.5 Å². The van der Waals surface area contributed by atoms with E-state index in [0.717, 1.165) is 29.0 Å². The zero-order chi connectivity index (χ0) is 18.4. The van der Waals surface area contributed by atoms with Gasteiger partial charge < -0.3 is 8.80 Å². The number of aryl methyl sites for hydroxylation is 2. The highest BCUT2D eigenvalue weighted by molar-refractivity contribution is 5.67. The molecule has 1 atom stereocenters. The van der Waals surface area contributed by atoms with Crippen LogP contribution in [0.4, 0.5) is 0 Å². The highest BCUT2D eigenvalue weighted by Crippen LogP contribution is 2.25. The van der Waals surface area contributed by atoms with E-state index in [1.54, 1.807) is 0 Å². The molecule has 0 fully saturated rings. The van der Waals surface area contributed by atoms with Gasteiger partial charge in [0.1, 0.15) is 11.3 Å². The molecule has 0 saturated heterocycles. The van der Waals surface area contributed by atoms with Crippen LogP contribution in [0.15, 0.2) is 49.7 Å². The lowest BCUT2D eigenvalue weighted by Gasteiger charge is -2.14. The number of hydrogen-bond acceptors (Lipinski definition) is 2. The van der Waals surface area contributed by atoms with Gasteiger partial charge in [-0.25, -0.2) is 9.97 Å². The maximum absolute atomic E-state index is 4.85. The summed E-state index contributed by atoms with van der Waals surface area (Å²) in [7, 11) is 0. The van der Waals surface area contributed by atoms with Crippen molar-refractivity contribution in [2.45, 2.75) is 40.0 Å². The fourth-order valence-corrected chi connectivity index (χ4v) is 3.76. The molecule has 0 bridgehead atoms. The molecule has 4 rings (SSSR count). The molecular weight excluding hydrogens is 320 g/mol. The van der Waals surface area contributed by atoms with Gasteiger partial charge in [0.25, 0.3) is 0 Å². The van der Waals surface area contributed by atoms with E-state index < -0.39 is 0 Å². The molecule has 0 radical (unpaired) electrons. The molecular formula is C22H24N4. The number of pyridine rings is 2. The Balaban J connectivity index is 1.67. The van der Waals surface area contributed by atoms with Gasteiger partial charge in [-0.15, -0.1) is 0 Å². The second-order valence-corrected chi connectivity index (χ2v) is 7.36. The van der Waals surface area contributed by atoms with Gasteiger partial charge >= 0.3 is 0 Å². The van der Waals surface area contributed by atoms with Crippen LogP contribution in [0.1, 0.15) is 47.7 Å². The third-order valence-corrected chi connectivity index (χ3v) is 5.13. The Labute approximate surface area is 153 Å². The van der Waals surface area contributed by atoms with Crippen LogP contribution in [0, 0.1) is 13.8 Å². The van der Waals surface area contributed by atoms with Crippen molar-refractivity contribution in [3.63, 3.8) is 0 Å². The molecule has 0 aliphatic rings. The lowest BCUT2D eigenvalue weighted by molar-refractivity contribution is 0.733. The first-order valence-electron chi connectivity index (χ1n) is 8.99. The SMILES string of the molecule is C=C(C)c1cc2nc(CC(C)c3cn4ccnc4cc3C)cn2cc1C. The molecule has 0 spiro atoms. The number of hydrogen-bond donors (Lipinski definition) is 0. The smallest absolute Gasteiger partial charge is 0.137 e. The summed E-state index contributed by atoms with van der Waals surface area (Å²) in [5.74, 6) is 0.383. The van der Waals surface area contributed by atoms with Crippen molar-refractivity contribution < 1.29 is 0 Å². The van der Waals surface area contributed by atoms with Crippen LogP contribution in [-0.4, -0.2) is 18.8 Å². The summed E-state index contributed by atoms with van der Waals surface area (Å²) < 4.78 is 4.21. The van der Waals surface area contributed by atoms with E-state index in [4.69, 9.17) is 4.98 Å². The zero-order valence-corrected chi connectivity index (χ0v) is 15.8. The fraction of sp³-hybridized carbons (Fsp3) is 0.273. The Kier molecular flexibility index (Phi) is 3.91. The Morgan fingerprint density at radius 3 is 2.65 bits per heavy atom. The summed E-state index contributed by atoms with van der Waals surface area (Å²) in [6.45, 7) is 12.7. The predicted octanol–water partition coefficient (Wildman–Crippen LogP) is 4.98.